The van der Waals surface area contributed by atoms with Crippen molar-refractivity contribution < 1.29 is 4.79 Å². The van der Waals surface area contributed by atoms with Gasteiger partial charge in [-0.2, -0.15) is 0 Å². The average Bonchev–Trinajstić information content (AvgIpc) is 2.85. The average molecular weight is 267 g/mol. The number of carbonyl (C=O) groups is 1. The van der Waals surface area contributed by atoms with Gasteiger partial charge in [-0.1, -0.05) is 23.7 Å². The predicted molar refractivity (Wildman–Crippen MR) is 73.8 cm³/mol. The third kappa shape index (κ3) is 3.72. The highest BCUT2D eigenvalue weighted by molar-refractivity contribution is 6.30. The molecule has 1 aromatic carbocycles. The minimum Gasteiger partial charge on any atom is -0.352 e. The Morgan fingerprint density at radius 2 is 2.22 bits per heavy atom. The van der Waals surface area contributed by atoms with Gasteiger partial charge in [0.1, 0.15) is 0 Å². The molecule has 1 heterocycles. The van der Waals surface area contributed by atoms with Crippen molar-refractivity contribution in [2.24, 2.45) is 0 Å². The maximum Gasteiger partial charge on any atom is 0.237 e. The van der Waals surface area contributed by atoms with E-state index >= 15 is 0 Å². The van der Waals surface area contributed by atoms with Gasteiger partial charge in [0, 0.05) is 11.1 Å². The van der Waals surface area contributed by atoms with Gasteiger partial charge in [-0.25, -0.2) is 0 Å². The molecule has 3 nitrogen and oxygen atoms in total. The van der Waals surface area contributed by atoms with E-state index in [0.717, 1.165) is 30.8 Å². The van der Waals surface area contributed by atoms with Crippen molar-refractivity contribution in [3.8, 4) is 0 Å². The van der Waals surface area contributed by atoms with Gasteiger partial charge in [0.25, 0.3) is 0 Å². The van der Waals surface area contributed by atoms with Crippen molar-refractivity contribution in [2.75, 3.05) is 6.54 Å². The second-order valence-corrected chi connectivity index (χ2v) is 5.33. The zero-order valence-electron chi connectivity index (χ0n) is 10.6. The highest BCUT2D eigenvalue weighted by Gasteiger charge is 2.22. The standard InChI is InChI=1S/C14H19ClN2O/c1-10(9-11-4-6-12(15)7-5-11)17-14(18)13-3-2-8-16-13/h4-7,10,13,16H,2-3,8-9H2,1H3,(H,17,18)/t10?,13-/m0/s1. The molecule has 0 radical (unpaired) electrons. The van der Waals surface area contributed by atoms with Crippen molar-refractivity contribution in [3.05, 3.63) is 34.9 Å². The molecular weight excluding hydrogens is 248 g/mol. The van der Waals surface area contributed by atoms with Crippen molar-refractivity contribution in [3.63, 3.8) is 0 Å². The van der Waals surface area contributed by atoms with Crippen LogP contribution in [0.25, 0.3) is 0 Å². The Morgan fingerprint density at radius 1 is 1.50 bits per heavy atom. The second-order valence-electron chi connectivity index (χ2n) is 4.89. The van der Waals surface area contributed by atoms with Gasteiger partial charge in [0.15, 0.2) is 0 Å². The first kappa shape index (κ1) is 13.4. The van der Waals surface area contributed by atoms with Crippen molar-refractivity contribution in [2.45, 2.75) is 38.3 Å². The number of halogens is 1. The van der Waals surface area contributed by atoms with E-state index in [2.05, 4.69) is 10.6 Å². The molecule has 1 amide bonds. The van der Waals surface area contributed by atoms with Crippen molar-refractivity contribution in [1.29, 1.82) is 0 Å². The highest BCUT2D eigenvalue weighted by Crippen LogP contribution is 2.11. The molecule has 18 heavy (non-hydrogen) atoms. The third-order valence-corrected chi connectivity index (χ3v) is 3.47. The fraction of sp³-hybridized carbons (Fsp3) is 0.500. The van der Waals surface area contributed by atoms with Crippen LogP contribution in [-0.4, -0.2) is 24.5 Å². The molecule has 1 aliphatic heterocycles. The topological polar surface area (TPSA) is 41.1 Å². The zero-order chi connectivity index (χ0) is 13.0. The van der Waals surface area contributed by atoms with Crippen molar-refractivity contribution >= 4 is 17.5 Å². The van der Waals surface area contributed by atoms with Crippen LogP contribution in [-0.2, 0) is 11.2 Å². The van der Waals surface area contributed by atoms with Crippen LogP contribution in [0.5, 0.6) is 0 Å². The van der Waals surface area contributed by atoms with Crippen LogP contribution < -0.4 is 10.6 Å². The largest absolute Gasteiger partial charge is 0.352 e. The maximum absolute atomic E-state index is 11.9. The first-order chi connectivity index (χ1) is 8.65. The summed E-state index contributed by atoms with van der Waals surface area (Å²) in [7, 11) is 0. The maximum atomic E-state index is 11.9. The molecule has 0 aliphatic carbocycles. The number of rotatable bonds is 4. The summed E-state index contributed by atoms with van der Waals surface area (Å²) >= 11 is 5.84. The number of nitrogens with one attached hydrogen (secondary N) is 2. The molecular formula is C14H19ClN2O. The normalized spacial score (nSPS) is 20.7. The summed E-state index contributed by atoms with van der Waals surface area (Å²) in [6, 6.07) is 7.89. The Kier molecular flexibility index (Phi) is 4.61. The number of hydrogen-bond acceptors (Lipinski definition) is 2. The molecule has 2 rings (SSSR count). The molecule has 2 atom stereocenters. The molecule has 4 heteroatoms. The fourth-order valence-electron chi connectivity index (χ4n) is 2.28. The number of benzene rings is 1. The second kappa shape index (κ2) is 6.21. The first-order valence-corrected chi connectivity index (χ1v) is 6.81. The Bertz CT molecular complexity index is 399. The Labute approximate surface area is 113 Å². The van der Waals surface area contributed by atoms with E-state index in [9.17, 15) is 4.79 Å². The summed E-state index contributed by atoms with van der Waals surface area (Å²) < 4.78 is 0. The molecule has 1 aromatic rings. The molecule has 0 spiro atoms. The molecule has 2 N–H and O–H groups in total. The summed E-state index contributed by atoms with van der Waals surface area (Å²) in [5, 5.41) is 7.00. The molecule has 98 valence electrons. The van der Waals surface area contributed by atoms with E-state index in [0.29, 0.717) is 0 Å². The summed E-state index contributed by atoms with van der Waals surface area (Å²) in [5.74, 6) is 0.119. The Hall–Kier alpha value is -1.06. The Balaban J connectivity index is 1.82. The molecule has 1 unspecified atom stereocenters. The lowest BCUT2D eigenvalue weighted by molar-refractivity contribution is -0.123. The number of carbonyl (C=O) groups excluding carboxylic acids is 1. The van der Waals surface area contributed by atoms with Gasteiger partial charge in [-0.15, -0.1) is 0 Å². The zero-order valence-corrected chi connectivity index (χ0v) is 11.3. The summed E-state index contributed by atoms with van der Waals surface area (Å²) in [4.78, 5) is 11.9. The van der Waals surface area contributed by atoms with Crippen LogP contribution in [0.3, 0.4) is 0 Å². The molecule has 0 bridgehead atoms. The summed E-state index contributed by atoms with van der Waals surface area (Å²) in [5.41, 5.74) is 1.19. The predicted octanol–water partition coefficient (Wildman–Crippen LogP) is 2.14. The minimum atomic E-state index is -0.00216. The third-order valence-electron chi connectivity index (χ3n) is 3.22. The van der Waals surface area contributed by atoms with E-state index in [4.69, 9.17) is 11.6 Å². The van der Waals surface area contributed by atoms with Crippen LogP contribution in [0.2, 0.25) is 5.02 Å². The smallest absolute Gasteiger partial charge is 0.237 e. The van der Waals surface area contributed by atoms with Crippen LogP contribution in [0.1, 0.15) is 25.3 Å². The van der Waals surface area contributed by atoms with Crippen LogP contribution >= 0.6 is 11.6 Å². The number of hydrogen-bond donors (Lipinski definition) is 2. The molecule has 0 saturated carbocycles. The molecule has 1 saturated heterocycles. The molecule has 0 aromatic heterocycles. The SMILES string of the molecule is CC(Cc1ccc(Cl)cc1)NC(=O)[C@@H]1CCCN1. The van der Waals surface area contributed by atoms with Gasteiger partial charge in [-0.3, -0.25) is 4.79 Å². The monoisotopic (exact) mass is 266 g/mol. The lowest BCUT2D eigenvalue weighted by Gasteiger charge is -2.17. The lowest BCUT2D eigenvalue weighted by Crippen LogP contribution is -2.44. The first-order valence-electron chi connectivity index (χ1n) is 6.43. The number of amides is 1. The van der Waals surface area contributed by atoms with E-state index < -0.39 is 0 Å². The van der Waals surface area contributed by atoms with Gasteiger partial charge in [0.2, 0.25) is 5.91 Å². The quantitative estimate of drug-likeness (QED) is 0.877. The van der Waals surface area contributed by atoms with Gasteiger partial charge < -0.3 is 10.6 Å². The minimum absolute atomic E-state index is 0.00216. The van der Waals surface area contributed by atoms with E-state index in [-0.39, 0.29) is 18.0 Å². The van der Waals surface area contributed by atoms with Gasteiger partial charge >= 0.3 is 0 Å². The fourth-order valence-corrected chi connectivity index (χ4v) is 2.40. The van der Waals surface area contributed by atoms with Crippen LogP contribution in [0.15, 0.2) is 24.3 Å². The van der Waals surface area contributed by atoms with E-state index in [1.54, 1.807) is 0 Å². The Morgan fingerprint density at radius 3 is 2.83 bits per heavy atom. The van der Waals surface area contributed by atoms with Crippen LogP contribution in [0, 0.1) is 0 Å². The highest BCUT2D eigenvalue weighted by atomic mass is 35.5. The van der Waals surface area contributed by atoms with E-state index in [1.807, 2.05) is 31.2 Å². The summed E-state index contributed by atoms with van der Waals surface area (Å²) in [6.07, 6.45) is 2.86. The van der Waals surface area contributed by atoms with Crippen molar-refractivity contribution in [1.82, 2.24) is 10.6 Å². The van der Waals surface area contributed by atoms with Crippen LogP contribution in [0.4, 0.5) is 0 Å². The van der Waals surface area contributed by atoms with Gasteiger partial charge in [0.05, 0.1) is 6.04 Å². The molecule has 1 aliphatic rings. The summed E-state index contributed by atoms with van der Waals surface area (Å²) in [6.45, 7) is 2.98. The van der Waals surface area contributed by atoms with E-state index in [1.165, 1.54) is 5.56 Å². The molecule has 1 fully saturated rings. The lowest BCUT2D eigenvalue weighted by atomic mass is 10.1. The van der Waals surface area contributed by atoms with Gasteiger partial charge in [-0.05, 0) is 50.4 Å².